The van der Waals surface area contributed by atoms with E-state index in [0.717, 1.165) is 32.7 Å². The maximum absolute atomic E-state index is 11.9. The first kappa shape index (κ1) is 18.0. The molecular formula is C18H17ClN2O2S2. The molecule has 1 amide bonds. The number of halogens is 1. The molecule has 0 aliphatic heterocycles. The SMILES string of the molecule is O=C(CCCSc1ccc(Cl)cc1)NCc1coc(-c2cccs2)n1. The second-order valence-corrected chi connectivity index (χ2v) is 7.86. The normalized spacial score (nSPS) is 10.8. The molecule has 0 unspecified atom stereocenters. The molecule has 0 saturated heterocycles. The Morgan fingerprint density at radius 2 is 2.12 bits per heavy atom. The molecule has 0 radical (unpaired) electrons. The number of oxazole rings is 1. The van der Waals surface area contributed by atoms with Crippen molar-refractivity contribution in [2.45, 2.75) is 24.3 Å². The van der Waals surface area contributed by atoms with E-state index in [0.29, 0.717) is 18.9 Å². The molecule has 0 bridgehead atoms. The Bertz CT molecular complexity index is 801. The summed E-state index contributed by atoms with van der Waals surface area (Å²) in [5.74, 6) is 1.51. The zero-order valence-corrected chi connectivity index (χ0v) is 15.8. The minimum Gasteiger partial charge on any atom is -0.443 e. The average molecular weight is 393 g/mol. The number of carbonyl (C=O) groups excluding carboxylic acids is 1. The van der Waals surface area contributed by atoms with Gasteiger partial charge < -0.3 is 9.73 Å². The summed E-state index contributed by atoms with van der Waals surface area (Å²) < 4.78 is 5.43. The molecule has 130 valence electrons. The molecule has 4 nitrogen and oxygen atoms in total. The van der Waals surface area contributed by atoms with Crippen LogP contribution in [0.15, 0.2) is 57.4 Å². The molecule has 0 aliphatic carbocycles. The third kappa shape index (κ3) is 5.63. The predicted octanol–water partition coefficient (Wildman–Crippen LogP) is 5.25. The quantitative estimate of drug-likeness (QED) is 0.420. The van der Waals surface area contributed by atoms with Gasteiger partial charge in [0, 0.05) is 16.3 Å². The van der Waals surface area contributed by atoms with Gasteiger partial charge in [0.1, 0.15) is 6.26 Å². The molecule has 0 saturated carbocycles. The number of rotatable bonds is 8. The number of benzene rings is 1. The number of nitrogens with zero attached hydrogens (tertiary/aromatic N) is 1. The summed E-state index contributed by atoms with van der Waals surface area (Å²) in [5.41, 5.74) is 0.729. The fraction of sp³-hybridized carbons (Fsp3) is 0.222. The van der Waals surface area contributed by atoms with Gasteiger partial charge in [-0.05, 0) is 47.9 Å². The summed E-state index contributed by atoms with van der Waals surface area (Å²) >= 11 is 9.15. The molecule has 7 heteroatoms. The first-order valence-corrected chi connectivity index (χ1v) is 10.1. The lowest BCUT2D eigenvalue weighted by Crippen LogP contribution is -2.22. The summed E-state index contributed by atoms with van der Waals surface area (Å²) in [5, 5.41) is 5.59. The van der Waals surface area contributed by atoms with Gasteiger partial charge in [-0.2, -0.15) is 0 Å². The van der Waals surface area contributed by atoms with Crippen LogP contribution in [0.25, 0.3) is 10.8 Å². The van der Waals surface area contributed by atoms with E-state index in [1.54, 1.807) is 29.4 Å². The zero-order chi connectivity index (χ0) is 17.5. The molecule has 0 spiro atoms. The Morgan fingerprint density at radius 1 is 1.28 bits per heavy atom. The van der Waals surface area contributed by atoms with E-state index in [2.05, 4.69) is 10.3 Å². The van der Waals surface area contributed by atoms with Crippen LogP contribution in [0.4, 0.5) is 0 Å². The lowest BCUT2D eigenvalue weighted by atomic mass is 10.3. The van der Waals surface area contributed by atoms with Gasteiger partial charge in [0.25, 0.3) is 0 Å². The maximum atomic E-state index is 11.9. The van der Waals surface area contributed by atoms with Gasteiger partial charge in [-0.25, -0.2) is 4.98 Å². The predicted molar refractivity (Wildman–Crippen MR) is 103 cm³/mol. The van der Waals surface area contributed by atoms with Crippen LogP contribution in [0.2, 0.25) is 5.02 Å². The molecule has 0 aliphatic rings. The topological polar surface area (TPSA) is 55.1 Å². The van der Waals surface area contributed by atoms with Crippen LogP contribution in [-0.2, 0) is 11.3 Å². The number of thiophene rings is 1. The van der Waals surface area contributed by atoms with Crippen LogP contribution < -0.4 is 5.32 Å². The van der Waals surface area contributed by atoms with Crippen molar-refractivity contribution >= 4 is 40.6 Å². The minimum atomic E-state index is 0.0254. The fourth-order valence-corrected chi connectivity index (χ4v) is 3.77. The van der Waals surface area contributed by atoms with Gasteiger partial charge in [0.05, 0.1) is 17.1 Å². The van der Waals surface area contributed by atoms with Gasteiger partial charge in [-0.1, -0.05) is 17.7 Å². The van der Waals surface area contributed by atoms with E-state index in [-0.39, 0.29) is 5.91 Å². The summed E-state index contributed by atoms with van der Waals surface area (Å²) in [4.78, 5) is 18.4. The van der Waals surface area contributed by atoms with Crippen molar-refractivity contribution in [3.05, 3.63) is 58.8 Å². The molecule has 0 atom stereocenters. The van der Waals surface area contributed by atoms with Gasteiger partial charge in [-0.15, -0.1) is 23.1 Å². The van der Waals surface area contributed by atoms with Gasteiger partial charge >= 0.3 is 0 Å². The van der Waals surface area contributed by atoms with Crippen LogP contribution >= 0.6 is 34.7 Å². The monoisotopic (exact) mass is 392 g/mol. The second kappa shape index (κ2) is 9.08. The molecule has 0 fully saturated rings. The highest BCUT2D eigenvalue weighted by Crippen LogP contribution is 2.23. The third-order valence-electron chi connectivity index (χ3n) is 3.38. The smallest absolute Gasteiger partial charge is 0.236 e. The van der Waals surface area contributed by atoms with E-state index in [1.807, 2.05) is 41.8 Å². The number of carbonyl (C=O) groups is 1. The average Bonchev–Trinajstić information content (AvgIpc) is 3.29. The largest absolute Gasteiger partial charge is 0.443 e. The number of thioether (sulfide) groups is 1. The molecular weight excluding hydrogens is 376 g/mol. The van der Waals surface area contributed by atoms with Crippen LogP contribution in [0.1, 0.15) is 18.5 Å². The van der Waals surface area contributed by atoms with Crippen LogP contribution in [0.3, 0.4) is 0 Å². The number of amides is 1. The molecule has 2 aromatic heterocycles. The summed E-state index contributed by atoms with van der Waals surface area (Å²) in [7, 11) is 0. The van der Waals surface area contributed by atoms with Crippen molar-refractivity contribution in [3.63, 3.8) is 0 Å². The van der Waals surface area contributed by atoms with Gasteiger partial charge in [0.15, 0.2) is 0 Å². The Kier molecular flexibility index (Phi) is 6.55. The molecule has 3 aromatic rings. The number of hydrogen-bond acceptors (Lipinski definition) is 5. The van der Waals surface area contributed by atoms with Crippen molar-refractivity contribution in [2.75, 3.05) is 5.75 Å². The summed E-state index contributed by atoms with van der Waals surface area (Å²) in [6.07, 6.45) is 2.90. The van der Waals surface area contributed by atoms with Crippen molar-refractivity contribution in [1.82, 2.24) is 10.3 Å². The third-order valence-corrected chi connectivity index (χ3v) is 5.59. The van der Waals surface area contributed by atoms with E-state index < -0.39 is 0 Å². The van der Waals surface area contributed by atoms with E-state index >= 15 is 0 Å². The van der Waals surface area contributed by atoms with Crippen molar-refractivity contribution in [2.24, 2.45) is 0 Å². The highest BCUT2D eigenvalue weighted by atomic mass is 35.5. The van der Waals surface area contributed by atoms with Gasteiger partial charge in [0.2, 0.25) is 11.8 Å². The minimum absolute atomic E-state index is 0.0254. The summed E-state index contributed by atoms with van der Waals surface area (Å²) in [6, 6.07) is 11.6. The Morgan fingerprint density at radius 3 is 2.88 bits per heavy atom. The highest BCUT2D eigenvalue weighted by molar-refractivity contribution is 7.99. The van der Waals surface area contributed by atoms with Crippen LogP contribution in [0, 0.1) is 0 Å². The zero-order valence-electron chi connectivity index (χ0n) is 13.4. The fourth-order valence-electron chi connectivity index (χ4n) is 2.13. The Labute approximate surface area is 159 Å². The molecule has 3 rings (SSSR count). The van der Waals surface area contributed by atoms with Crippen LogP contribution in [-0.4, -0.2) is 16.6 Å². The number of hydrogen-bond donors (Lipinski definition) is 1. The van der Waals surface area contributed by atoms with Crippen molar-refractivity contribution < 1.29 is 9.21 Å². The van der Waals surface area contributed by atoms with Crippen molar-refractivity contribution in [1.29, 1.82) is 0 Å². The molecule has 2 heterocycles. The standard InChI is InChI=1S/C18H17ClN2O2S2/c19-13-5-7-15(8-6-13)24-9-2-4-17(22)20-11-14-12-23-18(21-14)16-3-1-10-25-16/h1,3,5-8,10,12H,2,4,9,11H2,(H,20,22). The Hall–Kier alpha value is -1.76. The highest BCUT2D eigenvalue weighted by Gasteiger charge is 2.08. The van der Waals surface area contributed by atoms with Crippen molar-refractivity contribution in [3.8, 4) is 10.8 Å². The van der Waals surface area contributed by atoms with E-state index in [4.69, 9.17) is 16.0 Å². The van der Waals surface area contributed by atoms with E-state index in [1.165, 1.54) is 0 Å². The Balaban J connectivity index is 1.35. The number of aromatic nitrogens is 1. The maximum Gasteiger partial charge on any atom is 0.236 e. The lowest BCUT2D eigenvalue weighted by molar-refractivity contribution is -0.121. The van der Waals surface area contributed by atoms with E-state index in [9.17, 15) is 4.79 Å². The first-order chi connectivity index (χ1) is 12.2. The van der Waals surface area contributed by atoms with Gasteiger partial charge in [-0.3, -0.25) is 4.79 Å². The summed E-state index contributed by atoms with van der Waals surface area (Å²) in [6.45, 7) is 0.387. The molecule has 25 heavy (non-hydrogen) atoms. The second-order valence-electron chi connectivity index (χ2n) is 5.30. The van der Waals surface area contributed by atoms with Crippen LogP contribution in [0.5, 0.6) is 0 Å². The molecule has 1 aromatic carbocycles. The molecule has 1 N–H and O–H groups in total. The lowest BCUT2D eigenvalue weighted by Gasteiger charge is -2.03. The first-order valence-electron chi connectivity index (χ1n) is 7.84. The number of nitrogens with one attached hydrogen (secondary N) is 1.